The van der Waals surface area contributed by atoms with E-state index in [0.717, 1.165) is 16.3 Å². The number of aryl methyl sites for hydroxylation is 1. The molecule has 0 saturated heterocycles. The maximum absolute atomic E-state index is 9.66. The number of benzene rings is 2. The van der Waals surface area contributed by atoms with Gasteiger partial charge in [-0.15, -0.1) is 0 Å². The van der Waals surface area contributed by atoms with Crippen LogP contribution in [0.15, 0.2) is 36.4 Å². The number of phenols is 1. The van der Waals surface area contributed by atoms with Crippen LogP contribution in [0.2, 0.25) is 0 Å². The molecule has 0 fully saturated rings. The molecule has 1 nitrogen and oxygen atoms in total. The summed E-state index contributed by atoms with van der Waals surface area (Å²) in [5.74, 6) is 0.396. The van der Waals surface area contributed by atoms with Crippen LogP contribution in [0.4, 0.5) is 0 Å². The Bertz CT molecular complexity index is 419. The van der Waals surface area contributed by atoms with E-state index in [9.17, 15) is 5.11 Å². The summed E-state index contributed by atoms with van der Waals surface area (Å²) in [7, 11) is 0. The van der Waals surface area contributed by atoms with Crippen LogP contribution >= 0.6 is 0 Å². The van der Waals surface area contributed by atoms with E-state index in [1.807, 2.05) is 57.2 Å². The minimum absolute atomic E-state index is 0.396. The van der Waals surface area contributed by atoms with Crippen LogP contribution in [-0.4, -0.2) is 5.11 Å². The molecule has 0 saturated carbocycles. The topological polar surface area (TPSA) is 20.2 Å². The molecule has 0 spiro atoms. The van der Waals surface area contributed by atoms with Gasteiger partial charge in [-0.1, -0.05) is 50.2 Å². The second-order valence-corrected chi connectivity index (χ2v) is 2.95. The number of phenolic OH excluding ortho intramolecular Hbond substituents is 1. The summed E-state index contributed by atoms with van der Waals surface area (Å²) in [5.41, 5.74) is 0.925. The third-order valence-corrected chi connectivity index (χ3v) is 2.10. The lowest BCUT2D eigenvalue weighted by molar-refractivity contribution is 0.477. The predicted octanol–water partition coefficient (Wildman–Crippen LogP) is 3.88. The standard InChI is InChI=1S/C11H10O.C2H6/c1-8-6-7-9-4-2-3-5-10(9)11(8)12;1-2/h2-7,12H,1H3;1-2H3. The van der Waals surface area contributed by atoms with Crippen LogP contribution in [0.1, 0.15) is 19.4 Å². The summed E-state index contributed by atoms with van der Waals surface area (Å²) in [6.45, 7) is 5.90. The van der Waals surface area contributed by atoms with Gasteiger partial charge in [0.2, 0.25) is 0 Å². The Morgan fingerprint density at radius 2 is 1.57 bits per heavy atom. The number of aromatic hydroxyl groups is 1. The van der Waals surface area contributed by atoms with Gasteiger partial charge in [-0.3, -0.25) is 0 Å². The van der Waals surface area contributed by atoms with E-state index in [1.54, 1.807) is 0 Å². The molecular weight excluding hydrogens is 172 g/mol. The van der Waals surface area contributed by atoms with E-state index in [-0.39, 0.29) is 0 Å². The molecule has 0 aliphatic carbocycles. The van der Waals surface area contributed by atoms with E-state index >= 15 is 0 Å². The summed E-state index contributed by atoms with van der Waals surface area (Å²) in [5, 5.41) is 11.7. The van der Waals surface area contributed by atoms with Gasteiger partial charge in [-0.2, -0.15) is 0 Å². The van der Waals surface area contributed by atoms with Crippen LogP contribution in [0.3, 0.4) is 0 Å². The summed E-state index contributed by atoms with van der Waals surface area (Å²) in [4.78, 5) is 0. The molecule has 0 amide bonds. The highest BCUT2D eigenvalue weighted by Gasteiger charge is 2.00. The zero-order valence-corrected chi connectivity index (χ0v) is 8.91. The molecule has 2 aromatic rings. The Balaban J connectivity index is 0.000000461. The monoisotopic (exact) mass is 188 g/mol. The van der Waals surface area contributed by atoms with Gasteiger partial charge in [0.25, 0.3) is 0 Å². The molecule has 2 aromatic carbocycles. The zero-order valence-electron chi connectivity index (χ0n) is 8.91. The Labute approximate surface area is 85.0 Å². The fraction of sp³-hybridized carbons (Fsp3) is 0.231. The molecule has 2 rings (SSSR count). The molecule has 0 radical (unpaired) electrons. The van der Waals surface area contributed by atoms with Crippen LogP contribution in [0, 0.1) is 6.92 Å². The van der Waals surface area contributed by atoms with Gasteiger partial charge in [-0.05, 0) is 17.9 Å². The van der Waals surface area contributed by atoms with Crippen molar-refractivity contribution in [2.45, 2.75) is 20.8 Å². The first-order valence-electron chi connectivity index (χ1n) is 4.96. The highest BCUT2D eigenvalue weighted by atomic mass is 16.3. The summed E-state index contributed by atoms with van der Waals surface area (Å²) < 4.78 is 0. The number of hydrogen-bond donors (Lipinski definition) is 1. The smallest absolute Gasteiger partial charge is 0.126 e. The third kappa shape index (κ3) is 1.87. The number of fused-ring (bicyclic) bond motifs is 1. The summed E-state index contributed by atoms with van der Waals surface area (Å²) in [6, 6.07) is 11.8. The van der Waals surface area contributed by atoms with E-state index in [4.69, 9.17) is 0 Å². The predicted molar refractivity (Wildman–Crippen MR) is 61.7 cm³/mol. The van der Waals surface area contributed by atoms with Crippen molar-refractivity contribution in [3.8, 4) is 5.75 Å². The Kier molecular flexibility index (Phi) is 3.52. The van der Waals surface area contributed by atoms with Gasteiger partial charge in [0, 0.05) is 5.39 Å². The van der Waals surface area contributed by atoms with Crippen LogP contribution in [0.5, 0.6) is 5.75 Å². The van der Waals surface area contributed by atoms with E-state index in [2.05, 4.69) is 0 Å². The third-order valence-electron chi connectivity index (χ3n) is 2.10. The van der Waals surface area contributed by atoms with Crippen molar-refractivity contribution in [3.05, 3.63) is 42.0 Å². The van der Waals surface area contributed by atoms with Gasteiger partial charge < -0.3 is 5.11 Å². The van der Waals surface area contributed by atoms with Gasteiger partial charge in [0.05, 0.1) is 0 Å². The molecule has 1 heteroatoms. The zero-order chi connectivity index (χ0) is 10.6. The SMILES string of the molecule is CC.Cc1ccc2ccccc2c1O. The molecule has 0 atom stereocenters. The number of hydrogen-bond acceptors (Lipinski definition) is 1. The van der Waals surface area contributed by atoms with E-state index < -0.39 is 0 Å². The Hall–Kier alpha value is -1.50. The largest absolute Gasteiger partial charge is 0.507 e. The summed E-state index contributed by atoms with van der Waals surface area (Å²) >= 11 is 0. The number of rotatable bonds is 0. The van der Waals surface area contributed by atoms with Crippen molar-refractivity contribution >= 4 is 10.8 Å². The second kappa shape index (κ2) is 4.66. The fourth-order valence-electron chi connectivity index (χ4n) is 1.36. The average molecular weight is 188 g/mol. The molecule has 14 heavy (non-hydrogen) atoms. The lowest BCUT2D eigenvalue weighted by Gasteiger charge is -2.02. The molecule has 74 valence electrons. The Morgan fingerprint density at radius 3 is 2.29 bits per heavy atom. The minimum Gasteiger partial charge on any atom is -0.507 e. The minimum atomic E-state index is 0.396. The first kappa shape index (κ1) is 10.6. The quantitative estimate of drug-likeness (QED) is 0.665. The molecule has 0 aromatic heterocycles. The van der Waals surface area contributed by atoms with Crippen LogP contribution in [0.25, 0.3) is 10.8 Å². The van der Waals surface area contributed by atoms with E-state index in [0.29, 0.717) is 5.75 Å². The van der Waals surface area contributed by atoms with Crippen LogP contribution < -0.4 is 0 Å². The van der Waals surface area contributed by atoms with Gasteiger partial charge >= 0.3 is 0 Å². The normalized spacial score (nSPS) is 9.36. The maximum atomic E-state index is 9.66. The van der Waals surface area contributed by atoms with Gasteiger partial charge in [-0.25, -0.2) is 0 Å². The van der Waals surface area contributed by atoms with Gasteiger partial charge in [0.1, 0.15) is 5.75 Å². The van der Waals surface area contributed by atoms with Crippen molar-refractivity contribution in [2.75, 3.05) is 0 Å². The van der Waals surface area contributed by atoms with Crippen molar-refractivity contribution in [1.29, 1.82) is 0 Å². The molecule has 0 bridgehead atoms. The first-order chi connectivity index (χ1) is 6.79. The van der Waals surface area contributed by atoms with Crippen molar-refractivity contribution < 1.29 is 5.11 Å². The van der Waals surface area contributed by atoms with E-state index in [1.165, 1.54) is 0 Å². The van der Waals surface area contributed by atoms with Crippen molar-refractivity contribution in [2.24, 2.45) is 0 Å². The molecule has 0 aliphatic heterocycles. The summed E-state index contributed by atoms with van der Waals surface area (Å²) in [6.07, 6.45) is 0. The molecule has 1 N–H and O–H groups in total. The fourth-order valence-corrected chi connectivity index (χ4v) is 1.36. The Morgan fingerprint density at radius 1 is 0.929 bits per heavy atom. The molecular formula is C13H16O. The van der Waals surface area contributed by atoms with Gasteiger partial charge in [0.15, 0.2) is 0 Å². The lowest BCUT2D eigenvalue weighted by Crippen LogP contribution is -1.77. The highest BCUT2D eigenvalue weighted by molar-refractivity contribution is 5.89. The first-order valence-corrected chi connectivity index (χ1v) is 4.96. The maximum Gasteiger partial charge on any atom is 0.126 e. The lowest BCUT2D eigenvalue weighted by atomic mass is 10.1. The van der Waals surface area contributed by atoms with Crippen molar-refractivity contribution in [1.82, 2.24) is 0 Å². The van der Waals surface area contributed by atoms with Crippen LogP contribution in [-0.2, 0) is 0 Å². The molecule has 0 aliphatic rings. The molecule has 0 heterocycles. The molecule has 0 unspecified atom stereocenters. The second-order valence-electron chi connectivity index (χ2n) is 2.95. The average Bonchev–Trinajstić information content (AvgIpc) is 2.27. The highest BCUT2D eigenvalue weighted by Crippen LogP contribution is 2.27. The van der Waals surface area contributed by atoms with Crippen molar-refractivity contribution in [3.63, 3.8) is 0 Å².